The number of carbonyl (C=O) groups is 1. The van der Waals surface area contributed by atoms with Crippen molar-refractivity contribution in [3.63, 3.8) is 0 Å². The monoisotopic (exact) mass is 235 g/mol. The highest BCUT2D eigenvalue weighted by molar-refractivity contribution is 5.67. The van der Waals surface area contributed by atoms with Gasteiger partial charge in [-0.2, -0.15) is 0 Å². The molecule has 0 aromatic heterocycles. The van der Waals surface area contributed by atoms with Gasteiger partial charge in [0.15, 0.2) is 0 Å². The van der Waals surface area contributed by atoms with Crippen LogP contribution in [0.15, 0.2) is 30.3 Å². The van der Waals surface area contributed by atoms with Crippen molar-refractivity contribution in [1.29, 1.82) is 0 Å². The zero-order chi connectivity index (χ0) is 12.7. The zero-order valence-electron chi connectivity index (χ0n) is 10.5. The second-order valence-corrected chi connectivity index (χ2v) is 4.36. The van der Waals surface area contributed by atoms with Crippen molar-refractivity contribution in [3.05, 3.63) is 35.9 Å². The predicted octanol–water partition coefficient (Wildman–Crippen LogP) is 2.63. The van der Waals surface area contributed by atoms with Crippen molar-refractivity contribution in [2.24, 2.45) is 0 Å². The smallest absolute Gasteiger partial charge is 0.304 e. The van der Waals surface area contributed by atoms with Gasteiger partial charge in [0.25, 0.3) is 0 Å². The molecule has 1 rings (SSSR count). The predicted molar refractivity (Wildman–Crippen MR) is 69.2 cm³/mol. The molecule has 17 heavy (non-hydrogen) atoms. The SMILES string of the molecule is CCCNC(CC(=O)O)C(C)c1ccccc1. The number of carboxylic acids is 1. The van der Waals surface area contributed by atoms with E-state index in [0.717, 1.165) is 13.0 Å². The molecule has 3 heteroatoms. The van der Waals surface area contributed by atoms with E-state index in [1.54, 1.807) is 0 Å². The molecule has 2 N–H and O–H groups in total. The van der Waals surface area contributed by atoms with Gasteiger partial charge in [0.2, 0.25) is 0 Å². The average molecular weight is 235 g/mol. The molecule has 0 spiro atoms. The van der Waals surface area contributed by atoms with Crippen molar-refractivity contribution in [2.45, 2.75) is 38.6 Å². The first-order valence-corrected chi connectivity index (χ1v) is 6.15. The van der Waals surface area contributed by atoms with E-state index in [9.17, 15) is 4.79 Å². The molecule has 1 aromatic carbocycles. The summed E-state index contributed by atoms with van der Waals surface area (Å²) in [6.07, 6.45) is 1.17. The fourth-order valence-corrected chi connectivity index (χ4v) is 1.93. The van der Waals surface area contributed by atoms with Gasteiger partial charge in [0, 0.05) is 6.04 Å². The summed E-state index contributed by atoms with van der Waals surface area (Å²) < 4.78 is 0. The Labute approximate surface area is 103 Å². The van der Waals surface area contributed by atoms with E-state index < -0.39 is 5.97 Å². The van der Waals surface area contributed by atoms with Crippen LogP contribution < -0.4 is 5.32 Å². The number of rotatable bonds is 7. The Hall–Kier alpha value is -1.35. The summed E-state index contributed by atoms with van der Waals surface area (Å²) in [7, 11) is 0. The highest BCUT2D eigenvalue weighted by Crippen LogP contribution is 2.21. The van der Waals surface area contributed by atoms with Crippen LogP contribution in [-0.2, 0) is 4.79 Å². The lowest BCUT2D eigenvalue weighted by Gasteiger charge is -2.24. The van der Waals surface area contributed by atoms with Gasteiger partial charge in [0.1, 0.15) is 0 Å². The van der Waals surface area contributed by atoms with Crippen LogP contribution in [0.3, 0.4) is 0 Å². The first-order valence-electron chi connectivity index (χ1n) is 6.15. The third-order valence-corrected chi connectivity index (χ3v) is 2.98. The molecule has 0 saturated heterocycles. The lowest BCUT2D eigenvalue weighted by atomic mass is 9.91. The Morgan fingerprint density at radius 2 is 2.00 bits per heavy atom. The Kier molecular flexibility index (Phi) is 5.70. The summed E-state index contributed by atoms with van der Waals surface area (Å²) in [4.78, 5) is 10.9. The molecule has 94 valence electrons. The van der Waals surface area contributed by atoms with Gasteiger partial charge in [-0.1, -0.05) is 44.2 Å². The number of nitrogens with one attached hydrogen (secondary N) is 1. The van der Waals surface area contributed by atoms with Crippen LogP contribution in [0.4, 0.5) is 0 Å². The first-order chi connectivity index (χ1) is 8.15. The van der Waals surface area contributed by atoms with E-state index >= 15 is 0 Å². The minimum absolute atomic E-state index is 0.00477. The standard InChI is InChI=1S/C14H21NO2/c1-3-9-15-13(10-14(16)17)11(2)12-7-5-4-6-8-12/h4-8,11,13,15H,3,9-10H2,1-2H3,(H,16,17). The van der Waals surface area contributed by atoms with Gasteiger partial charge in [-0.15, -0.1) is 0 Å². The van der Waals surface area contributed by atoms with Crippen LogP contribution in [0.5, 0.6) is 0 Å². The van der Waals surface area contributed by atoms with Crippen LogP contribution in [0.25, 0.3) is 0 Å². The fraction of sp³-hybridized carbons (Fsp3) is 0.500. The lowest BCUT2D eigenvalue weighted by Crippen LogP contribution is -2.36. The van der Waals surface area contributed by atoms with E-state index in [1.807, 2.05) is 30.3 Å². The molecular formula is C14H21NO2. The van der Waals surface area contributed by atoms with E-state index in [2.05, 4.69) is 19.2 Å². The molecule has 2 atom stereocenters. The molecular weight excluding hydrogens is 214 g/mol. The number of benzene rings is 1. The summed E-state index contributed by atoms with van der Waals surface area (Å²) in [5.41, 5.74) is 1.18. The Balaban J connectivity index is 2.71. The Morgan fingerprint density at radius 1 is 1.35 bits per heavy atom. The maximum Gasteiger partial charge on any atom is 0.304 e. The van der Waals surface area contributed by atoms with Gasteiger partial charge in [-0.25, -0.2) is 0 Å². The summed E-state index contributed by atoms with van der Waals surface area (Å²) in [6, 6.07) is 10.0. The van der Waals surface area contributed by atoms with Crippen LogP contribution in [0, 0.1) is 0 Å². The Morgan fingerprint density at radius 3 is 2.53 bits per heavy atom. The number of hydrogen-bond acceptors (Lipinski definition) is 2. The maximum atomic E-state index is 10.9. The summed E-state index contributed by atoms with van der Waals surface area (Å²) in [6.45, 7) is 5.01. The van der Waals surface area contributed by atoms with Crippen LogP contribution >= 0.6 is 0 Å². The number of hydrogen-bond donors (Lipinski definition) is 2. The number of carboxylic acid groups (broad SMARTS) is 1. The quantitative estimate of drug-likeness (QED) is 0.764. The molecule has 0 heterocycles. The Bertz CT molecular complexity index is 337. The van der Waals surface area contributed by atoms with Crippen LogP contribution in [0.1, 0.15) is 38.2 Å². The molecule has 3 nitrogen and oxygen atoms in total. The van der Waals surface area contributed by atoms with Gasteiger partial charge >= 0.3 is 5.97 Å². The first kappa shape index (κ1) is 13.7. The van der Waals surface area contributed by atoms with Gasteiger partial charge in [-0.3, -0.25) is 4.79 Å². The molecule has 2 unspecified atom stereocenters. The maximum absolute atomic E-state index is 10.9. The second-order valence-electron chi connectivity index (χ2n) is 4.36. The minimum Gasteiger partial charge on any atom is -0.481 e. The van der Waals surface area contributed by atoms with Crippen LogP contribution in [0.2, 0.25) is 0 Å². The van der Waals surface area contributed by atoms with Crippen molar-refractivity contribution in [3.8, 4) is 0 Å². The molecule has 1 aromatic rings. The largest absolute Gasteiger partial charge is 0.481 e. The van der Waals surface area contributed by atoms with E-state index in [-0.39, 0.29) is 18.4 Å². The zero-order valence-corrected chi connectivity index (χ0v) is 10.5. The summed E-state index contributed by atoms with van der Waals surface area (Å²) in [5, 5.41) is 12.3. The normalized spacial score (nSPS) is 14.2. The molecule has 0 amide bonds. The second kappa shape index (κ2) is 7.07. The molecule has 0 radical (unpaired) electrons. The third kappa shape index (κ3) is 4.57. The van der Waals surface area contributed by atoms with E-state index in [0.29, 0.717) is 0 Å². The highest BCUT2D eigenvalue weighted by Gasteiger charge is 2.20. The average Bonchev–Trinajstić information content (AvgIpc) is 2.34. The van der Waals surface area contributed by atoms with E-state index in [4.69, 9.17) is 5.11 Å². The summed E-state index contributed by atoms with van der Waals surface area (Å²) >= 11 is 0. The van der Waals surface area contributed by atoms with Crippen LogP contribution in [-0.4, -0.2) is 23.7 Å². The lowest BCUT2D eigenvalue weighted by molar-refractivity contribution is -0.137. The van der Waals surface area contributed by atoms with Crippen molar-refractivity contribution in [2.75, 3.05) is 6.54 Å². The highest BCUT2D eigenvalue weighted by atomic mass is 16.4. The topological polar surface area (TPSA) is 49.3 Å². The molecule has 0 saturated carbocycles. The summed E-state index contributed by atoms with van der Waals surface area (Å²) in [5.74, 6) is -0.541. The molecule has 0 bridgehead atoms. The molecule has 0 aliphatic rings. The van der Waals surface area contributed by atoms with Gasteiger partial charge in [-0.05, 0) is 24.4 Å². The number of aliphatic carboxylic acids is 1. The molecule has 0 aliphatic carbocycles. The third-order valence-electron chi connectivity index (χ3n) is 2.98. The minimum atomic E-state index is -0.749. The van der Waals surface area contributed by atoms with Gasteiger partial charge < -0.3 is 10.4 Å². The van der Waals surface area contributed by atoms with Gasteiger partial charge in [0.05, 0.1) is 6.42 Å². The molecule has 0 aliphatic heterocycles. The fourth-order valence-electron chi connectivity index (χ4n) is 1.93. The molecule has 0 fully saturated rings. The van der Waals surface area contributed by atoms with Crippen molar-refractivity contribution in [1.82, 2.24) is 5.32 Å². The van der Waals surface area contributed by atoms with Crippen molar-refractivity contribution >= 4 is 5.97 Å². The van der Waals surface area contributed by atoms with E-state index in [1.165, 1.54) is 5.56 Å². The van der Waals surface area contributed by atoms with Crippen molar-refractivity contribution < 1.29 is 9.90 Å².